The lowest BCUT2D eigenvalue weighted by Gasteiger charge is -2.28. The molecular formula is C24H25N3O7S. The topological polar surface area (TPSA) is 144 Å². The molecule has 1 saturated carbocycles. The Morgan fingerprint density at radius 3 is 2.23 bits per heavy atom. The van der Waals surface area contributed by atoms with Crippen LogP contribution in [0.5, 0.6) is 5.75 Å². The Kier molecular flexibility index (Phi) is 6.73. The van der Waals surface area contributed by atoms with Gasteiger partial charge in [0.25, 0.3) is 5.91 Å². The number of benzene rings is 2. The lowest BCUT2D eigenvalue weighted by Crippen LogP contribution is -2.47. The second-order valence-electron chi connectivity index (χ2n) is 8.62. The minimum Gasteiger partial charge on any atom is -0.427 e. The van der Waals surface area contributed by atoms with E-state index in [2.05, 4.69) is 0 Å². The van der Waals surface area contributed by atoms with Crippen LogP contribution in [0, 0.1) is 5.92 Å². The first-order valence-corrected chi connectivity index (χ1v) is 12.7. The van der Waals surface area contributed by atoms with Gasteiger partial charge in [0.15, 0.2) is 0 Å². The molecule has 2 aliphatic rings. The summed E-state index contributed by atoms with van der Waals surface area (Å²) in [6.45, 7) is 1.47. The van der Waals surface area contributed by atoms with E-state index in [1.54, 1.807) is 12.1 Å². The molecule has 4 rings (SSSR count). The van der Waals surface area contributed by atoms with Crippen molar-refractivity contribution in [3.63, 3.8) is 0 Å². The predicted molar refractivity (Wildman–Crippen MR) is 125 cm³/mol. The van der Waals surface area contributed by atoms with Crippen molar-refractivity contribution in [1.82, 2.24) is 4.90 Å². The average Bonchev–Trinajstić information content (AvgIpc) is 3.60. The van der Waals surface area contributed by atoms with Crippen molar-refractivity contribution in [1.29, 1.82) is 0 Å². The number of esters is 1. The molecule has 2 aromatic carbocycles. The molecule has 0 radical (unpaired) electrons. The van der Waals surface area contributed by atoms with Gasteiger partial charge >= 0.3 is 5.97 Å². The zero-order chi connectivity index (χ0) is 25.3. The second-order valence-corrected chi connectivity index (χ2v) is 10.2. The Morgan fingerprint density at radius 1 is 1.06 bits per heavy atom. The third-order valence-corrected chi connectivity index (χ3v) is 6.89. The zero-order valence-electron chi connectivity index (χ0n) is 19.0. The van der Waals surface area contributed by atoms with Gasteiger partial charge in [0, 0.05) is 19.4 Å². The number of ether oxygens (including phenoxy) is 1. The minimum atomic E-state index is -3.81. The highest BCUT2D eigenvalue weighted by Crippen LogP contribution is 2.34. The van der Waals surface area contributed by atoms with E-state index in [-0.39, 0.29) is 35.4 Å². The lowest BCUT2D eigenvalue weighted by atomic mass is 10.1. The standard InChI is InChI=1S/C24H25N3O7S/c1-15(28)34-19-8-6-18(7-9-19)27-22(29)14-21(24(27)31)26(23(30)17-4-5-17)13-12-16-2-10-20(11-3-16)35(25,32)33/h2-3,6-11,17,21H,4-5,12-14H2,1H3,(H2,25,32,33). The van der Waals surface area contributed by atoms with Crippen LogP contribution in [0.25, 0.3) is 0 Å². The molecule has 1 heterocycles. The number of carbonyl (C=O) groups is 4. The molecule has 11 heteroatoms. The number of primary sulfonamides is 1. The number of amides is 3. The van der Waals surface area contributed by atoms with Gasteiger partial charge in [0.1, 0.15) is 11.8 Å². The van der Waals surface area contributed by atoms with Crippen LogP contribution in [0.2, 0.25) is 0 Å². The van der Waals surface area contributed by atoms with Crippen LogP contribution in [-0.2, 0) is 35.6 Å². The van der Waals surface area contributed by atoms with Crippen LogP contribution in [0.3, 0.4) is 0 Å². The number of nitrogens with zero attached hydrogens (tertiary/aromatic N) is 2. The van der Waals surface area contributed by atoms with Crippen LogP contribution in [0.1, 0.15) is 31.7 Å². The summed E-state index contributed by atoms with van der Waals surface area (Å²) in [6.07, 6.45) is 1.73. The van der Waals surface area contributed by atoms with Crippen molar-refractivity contribution in [2.45, 2.75) is 43.5 Å². The smallest absolute Gasteiger partial charge is 0.308 e. The van der Waals surface area contributed by atoms with E-state index >= 15 is 0 Å². The summed E-state index contributed by atoms with van der Waals surface area (Å²) in [5, 5.41) is 5.13. The highest BCUT2D eigenvalue weighted by Gasteiger charge is 2.46. The summed E-state index contributed by atoms with van der Waals surface area (Å²) in [6, 6.07) is 11.1. The van der Waals surface area contributed by atoms with Crippen molar-refractivity contribution in [2.24, 2.45) is 11.1 Å². The lowest BCUT2D eigenvalue weighted by molar-refractivity contribution is -0.139. The molecule has 3 amide bonds. The average molecular weight is 500 g/mol. The monoisotopic (exact) mass is 499 g/mol. The Balaban J connectivity index is 1.51. The van der Waals surface area contributed by atoms with Gasteiger partial charge in [0.2, 0.25) is 21.8 Å². The van der Waals surface area contributed by atoms with E-state index < -0.39 is 33.8 Å². The Morgan fingerprint density at radius 2 is 1.69 bits per heavy atom. The van der Waals surface area contributed by atoms with E-state index in [9.17, 15) is 27.6 Å². The van der Waals surface area contributed by atoms with Crippen molar-refractivity contribution in [3.8, 4) is 5.75 Å². The third-order valence-electron chi connectivity index (χ3n) is 5.96. The maximum absolute atomic E-state index is 13.3. The number of anilines is 1. The number of nitrogens with two attached hydrogens (primary N) is 1. The van der Waals surface area contributed by atoms with Gasteiger partial charge in [-0.25, -0.2) is 18.5 Å². The molecule has 2 N–H and O–H groups in total. The van der Waals surface area contributed by atoms with Crippen LogP contribution in [-0.4, -0.2) is 49.6 Å². The van der Waals surface area contributed by atoms with Crippen molar-refractivity contribution < 1.29 is 32.3 Å². The molecule has 0 bridgehead atoms. The van der Waals surface area contributed by atoms with Crippen LogP contribution in [0.15, 0.2) is 53.4 Å². The SMILES string of the molecule is CC(=O)Oc1ccc(N2C(=O)CC(N(CCc3ccc(S(N)(=O)=O)cc3)C(=O)C3CC3)C2=O)cc1. The fourth-order valence-electron chi connectivity index (χ4n) is 4.04. The third kappa shape index (κ3) is 5.57. The highest BCUT2D eigenvalue weighted by atomic mass is 32.2. The summed E-state index contributed by atoms with van der Waals surface area (Å²) in [4.78, 5) is 52.7. The summed E-state index contributed by atoms with van der Waals surface area (Å²) in [7, 11) is -3.81. The number of carbonyl (C=O) groups excluding carboxylic acids is 4. The van der Waals surface area contributed by atoms with Crippen molar-refractivity contribution in [3.05, 3.63) is 54.1 Å². The highest BCUT2D eigenvalue weighted by molar-refractivity contribution is 7.89. The van der Waals surface area contributed by atoms with Crippen LogP contribution in [0.4, 0.5) is 5.69 Å². The zero-order valence-corrected chi connectivity index (χ0v) is 19.9. The van der Waals surface area contributed by atoms with Gasteiger partial charge in [-0.1, -0.05) is 12.1 Å². The molecule has 1 atom stereocenters. The molecule has 1 aliphatic heterocycles. The molecule has 0 spiro atoms. The number of sulfonamides is 1. The summed E-state index contributed by atoms with van der Waals surface area (Å²) in [5.74, 6) is -1.43. The van der Waals surface area contributed by atoms with Gasteiger partial charge < -0.3 is 9.64 Å². The van der Waals surface area contributed by atoms with Gasteiger partial charge in [-0.15, -0.1) is 0 Å². The molecule has 35 heavy (non-hydrogen) atoms. The molecule has 184 valence electrons. The molecule has 1 saturated heterocycles. The number of imide groups is 1. The Labute approximate surface area is 202 Å². The van der Waals surface area contributed by atoms with Crippen LogP contribution < -0.4 is 14.8 Å². The molecule has 10 nitrogen and oxygen atoms in total. The quantitative estimate of drug-likeness (QED) is 0.328. The number of rotatable bonds is 8. The predicted octanol–water partition coefficient (Wildman–Crippen LogP) is 1.37. The molecule has 1 aliphatic carbocycles. The largest absolute Gasteiger partial charge is 0.427 e. The Hall–Kier alpha value is -3.57. The van der Waals surface area contributed by atoms with E-state index in [0.717, 1.165) is 23.3 Å². The molecule has 2 fully saturated rings. The first kappa shape index (κ1) is 24.6. The van der Waals surface area contributed by atoms with Gasteiger partial charge in [-0.05, 0) is 61.2 Å². The van der Waals surface area contributed by atoms with Crippen LogP contribution >= 0.6 is 0 Å². The molecule has 2 aromatic rings. The summed E-state index contributed by atoms with van der Waals surface area (Å²) < 4.78 is 27.9. The molecule has 0 aromatic heterocycles. The normalized spacial score (nSPS) is 18.0. The van der Waals surface area contributed by atoms with Crippen molar-refractivity contribution in [2.75, 3.05) is 11.4 Å². The first-order valence-electron chi connectivity index (χ1n) is 11.1. The fourth-order valence-corrected chi connectivity index (χ4v) is 4.56. The number of hydrogen-bond donors (Lipinski definition) is 1. The fraction of sp³-hybridized carbons (Fsp3) is 0.333. The van der Waals surface area contributed by atoms with Gasteiger partial charge in [-0.3, -0.25) is 19.2 Å². The first-order chi connectivity index (χ1) is 16.5. The Bertz CT molecular complexity index is 1270. The van der Waals surface area contributed by atoms with E-state index in [1.807, 2.05) is 0 Å². The van der Waals surface area contributed by atoms with Gasteiger partial charge in [0.05, 0.1) is 17.0 Å². The maximum Gasteiger partial charge on any atom is 0.308 e. The molecule has 1 unspecified atom stereocenters. The summed E-state index contributed by atoms with van der Waals surface area (Å²) >= 11 is 0. The van der Waals surface area contributed by atoms with Crippen molar-refractivity contribution >= 4 is 39.4 Å². The van der Waals surface area contributed by atoms with E-state index in [1.165, 1.54) is 48.2 Å². The van der Waals surface area contributed by atoms with E-state index in [0.29, 0.717) is 12.1 Å². The minimum absolute atomic E-state index is 0.0147. The van der Waals surface area contributed by atoms with E-state index in [4.69, 9.17) is 9.88 Å². The number of hydrogen-bond acceptors (Lipinski definition) is 7. The summed E-state index contributed by atoms with van der Waals surface area (Å²) in [5.41, 5.74) is 1.09. The molecular weight excluding hydrogens is 474 g/mol. The second kappa shape index (κ2) is 9.59. The maximum atomic E-state index is 13.3. The van der Waals surface area contributed by atoms with Gasteiger partial charge in [-0.2, -0.15) is 0 Å².